The topological polar surface area (TPSA) is 274 Å². The molecular formula is C94H136B2BrN11O11S3Si2. The standard InChI is InChI=1S/C38H58BN3O5SSi.C32H46BrN3O3SSi.C23H28BN5O3S.CH4/c1-26(2)49(27(3)4,28(5)6)42-22-21-32-34(33(23-40-36(32)42)39-46-37(7,8)38(9,10)47-39)35(43)31-19-17-30(18-20-31)25-48(44,45)41(11)24-29-15-13-12-14-16-29;1-22(2)41(23(3)4,24(5)6)36-18-17-28-30(29(33)19-34-32(28)36)31(37)27-15-13-26(14-16-27)21-40(38,39)35(7)20-25-11-9-8-10-12-25;1-29(14-16-5-3-2-4-6-16)33(31,32)15-17-7-9-18(10-8-17)22-21-19-11-12-25-23(19)26-13-20(21)24(30)28-27-22;/h12-16,21-23,26-28,30-31H,17-20,24-25H2,1-11H3;8-12,17-19,22-24,26-27H,13-16,20-21H2,1-7H3;2-6,11-13,17-18,28,30H,7-10,14-15H2,1H3,(H,25,26);1H4. The van der Waals surface area contributed by atoms with E-state index >= 15 is 0 Å². The fraction of sp³-hybridized carbons (Fsp3) is 0.553. The van der Waals surface area contributed by atoms with Crippen molar-refractivity contribution >= 4 is 138 Å². The minimum absolute atomic E-state index is 0. The number of nitrogens with zero attached hydrogens (tertiary/aromatic N) is 9. The maximum atomic E-state index is 14.8. The van der Waals surface area contributed by atoms with E-state index in [-0.39, 0.29) is 71.8 Å². The van der Waals surface area contributed by atoms with Gasteiger partial charge < -0.3 is 33.1 Å². The molecule has 4 fully saturated rings. The molecular weight excluding hydrogens is 1710 g/mol. The number of hydrazone groups is 1. The number of rotatable bonds is 29. The van der Waals surface area contributed by atoms with Crippen molar-refractivity contribution in [1.82, 2.24) is 46.7 Å². The summed E-state index contributed by atoms with van der Waals surface area (Å²) in [6, 6.07) is 35.2. The number of sulfonamides is 3. The van der Waals surface area contributed by atoms with Crippen LogP contribution in [-0.2, 0) is 59.0 Å². The summed E-state index contributed by atoms with van der Waals surface area (Å²) >= 11 is 3.66. The number of benzene rings is 3. The van der Waals surface area contributed by atoms with Crippen LogP contribution in [0.1, 0.15) is 238 Å². The number of nitrogens with one attached hydrogen (secondary N) is 2. The van der Waals surface area contributed by atoms with Crippen LogP contribution in [0.4, 0.5) is 0 Å². The Morgan fingerprint density at radius 3 is 1.24 bits per heavy atom. The summed E-state index contributed by atoms with van der Waals surface area (Å²) in [6.45, 7) is 37.2. The van der Waals surface area contributed by atoms with Crippen molar-refractivity contribution in [2.75, 3.05) is 38.4 Å². The highest BCUT2D eigenvalue weighted by atomic mass is 79.9. The van der Waals surface area contributed by atoms with Gasteiger partial charge in [0.2, 0.25) is 30.1 Å². The first-order valence-electron chi connectivity index (χ1n) is 44.6. The summed E-state index contributed by atoms with van der Waals surface area (Å²) in [5, 5.41) is 20.5. The number of ketones is 2. The van der Waals surface area contributed by atoms with Crippen LogP contribution in [-0.4, -0.2) is 169 Å². The molecule has 3 N–H and O–H groups in total. The number of halogens is 1. The highest BCUT2D eigenvalue weighted by Gasteiger charge is 2.54. The van der Waals surface area contributed by atoms with Crippen molar-refractivity contribution in [2.45, 2.75) is 259 Å². The Morgan fingerprint density at radius 2 is 0.855 bits per heavy atom. The molecule has 3 aliphatic carbocycles. The molecule has 3 saturated carbocycles. The molecule has 2 aliphatic heterocycles. The molecule has 3 aromatic carbocycles. The molecule has 0 unspecified atom stereocenters. The minimum Gasteiger partial charge on any atom is -0.428 e. The third kappa shape index (κ3) is 20.4. The number of carbonyl (C=O) groups excluding carboxylic acids is 2. The molecule has 0 atom stereocenters. The number of aromatic nitrogens is 6. The molecule has 0 spiro atoms. The van der Waals surface area contributed by atoms with Crippen LogP contribution in [0.3, 0.4) is 0 Å². The summed E-state index contributed by atoms with van der Waals surface area (Å²) < 4.78 is 102. The lowest BCUT2D eigenvalue weighted by atomic mass is 9.68. The zero-order chi connectivity index (χ0) is 89.2. The van der Waals surface area contributed by atoms with E-state index in [0.717, 1.165) is 115 Å². The largest absolute Gasteiger partial charge is 0.497 e. The predicted molar refractivity (Wildman–Crippen MR) is 516 cm³/mol. The SMILES string of the molecule is C.CC(C)[Si](C(C)C)(C(C)C)n1ccc2c(C(=O)C3CCC(CS(=O)(=O)N(C)Cc4ccccc4)CC3)c(B3OC(C)(C)C(C)(C)O3)cnc21.CC(C)[Si](C(C)C)(C(C)C)n1ccc2c(C(=O)C3CCC(CS(=O)(=O)N(C)Cc4ccccc4)CC3)c(Br)cnc21.CN(Cc1ccccc1)S(=O)(=O)CC1CCC(C2=NNB(O)c3cnc4[nH]ccc4c32)CC1. The Hall–Kier alpha value is -6.81. The highest BCUT2D eigenvalue weighted by Crippen LogP contribution is 2.48. The van der Waals surface area contributed by atoms with Gasteiger partial charge in [-0.05, 0) is 219 Å². The van der Waals surface area contributed by atoms with Crippen LogP contribution in [0, 0.1) is 35.5 Å². The van der Waals surface area contributed by atoms with E-state index in [4.69, 9.17) is 19.3 Å². The van der Waals surface area contributed by atoms with Crippen molar-refractivity contribution in [1.29, 1.82) is 0 Å². The van der Waals surface area contributed by atoms with Crippen LogP contribution in [0.5, 0.6) is 0 Å². The van der Waals surface area contributed by atoms with Crippen LogP contribution in [0.2, 0.25) is 33.2 Å². The highest BCUT2D eigenvalue weighted by molar-refractivity contribution is 9.10. The normalized spacial score (nSPS) is 20.3. The van der Waals surface area contributed by atoms with Gasteiger partial charge in [-0.3, -0.25) is 9.59 Å². The van der Waals surface area contributed by atoms with Gasteiger partial charge >= 0.3 is 14.2 Å². The second-order valence-corrected chi connectivity index (χ2v) is 57.2. The quantitative estimate of drug-likeness (QED) is 0.0290. The number of Topliss-reactive ketones (excluding diaryl/α,β-unsaturated/α-hetero) is 2. The van der Waals surface area contributed by atoms with E-state index in [1.165, 1.54) is 12.9 Å². The summed E-state index contributed by atoms with van der Waals surface area (Å²) in [5.74, 6) is 0.764. The molecule has 8 heterocycles. The predicted octanol–water partition coefficient (Wildman–Crippen LogP) is 18.5. The molecule has 5 aliphatic rings. The number of hydrogen-bond acceptors (Lipinski definition) is 16. The van der Waals surface area contributed by atoms with E-state index in [0.29, 0.717) is 102 Å². The Balaban J connectivity index is 0.000000184. The van der Waals surface area contributed by atoms with Gasteiger partial charge in [0.15, 0.2) is 28.0 Å². The fourth-order valence-electron chi connectivity index (χ4n) is 21.5. The summed E-state index contributed by atoms with van der Waals surface area (Å²) in [4.78, 5) is 46.3. The fourth-order valence-corrected chi connectivity index (χ4v) is 39.7. The molecule has 0 bridgehead atoms. The van der Waals surface area contributed by atoms with E-state index in [1.54, 1.807) is 33.5 Å². The second kappa shape index (κ2) is 40.1. The number of hydrogen-bond donors (Lipinski definition) is 3. The number of pyridine rings is 3. The number of H-pyrrole nitrogens is 1. The van der Waals surface area contributed by atoms with Crippen LogP contribution in [0.15, 0.2) is 156 Å². The van der Waals surface area contributed by atoms with Crippen LogP contribution < -0.4 is 16.3 Å². The van der Waals surface area contributed by atoms with E-state index in [9.17, 15) is 39.9 Å². The van der Waals surface area contributed by atoms with E-state index in [2.05, 4.69) is 152 Å². The van der Waals surface area contributed by atoms with Crippen molar-refractivity contribution < 1.29 is 49.2 Å². The lowest BCUT2D eigenvalue weighted by Gasteiger charge is -2.44. The van der Waals surface area contributed by atoms with Gasteiger partial charge in [-0.15, -0.1) is 0 Å². The minimum atomic E-state index is -3.44. The molecule has 0 amide bonds. The third-order valence-electron chi connectivity index (χ3n) is 28.4. The molecule has 14 rings (SSSR count). The molecule has 6 aromatic heterocycles. The Labute approximate surface area is 750 Å². The van der Waals surface area contributed by atoms with Crippen molar-refractivity contribution in [3.05, 3.63) is 184 Å². The monoisotopic (exact) mass is 1850 g/mol. The molecule has 1 saturated heterocycles. The smallest absolute Gasteiger partial charge is 0.428 e. The average molecular weight is 1850 g/mol. The second-order valence-electron chi connectivity index (χ2n) is 38.5. The van der Waals surface area contributed by atoms with Gasteiger partial charge in [0.25, 0.3) is 0 Å². The zero-order valence-electron chi connectivity index (χ0n) is 75.8. The summed E-state index contributed by atoms with van der Waals surface area (Å²) in [6.07, 6.45) is 20.5. The number of fused-ring (bicyclic) bond motifs is 5. The van der Waals surface area contributed by atoms with E-state index < -0.39 is 71.9 Å². The molecule has 9 aromatic rings. The van der Waals surface area contributed by atoms with Gasteiger partial charge in [0, 0.05) is 132 Å². The van der Waals surface area contributed by atoms with Gasteiger partial charge in [0.05, 0.1) is 34.2 Å². The van der Waals surface area contributed by atoms with Gasteiger partial charge in [-0.25, -0.2) is 53.1 Å². The first-order valence-corrected chi connectivity index (χ1v) is 54.6. The zero-order valence-corrected chi connectivity index (χ0v) is 81.9. The first-order chi connectivity index (χ1) is 58.1. The number of carbonyl (C=O) groups is 2. The van der Waals surface area contributed by atoms with Gasteiger partial charge in [-0.2, -0.15) is 5.10 Å². The Kier molecular flexibility index (Phi) is 31.6. The third-order valence-corrected chi connectivity index (χ3v) is 48.4. The Bertz CT molecular complexity index is 5500. The van der Waals surface area contributed by atoms with E-state index in [1.807, 2.05) is 137 Å². The molecule has 124 heavy (non-hydrogen) atoms. The van der Waals surface area contributed by atoms with Gasteiger partial charge in [-0.1, -0.05) is 182 Å². The molecule has 0 radical (unpaired) electrons. The first kappa shape index (κ1) is 97.8. The molecule has 672 valence electrons. The summed E-state index contributed by atoms with van der Waals surface area (Å²) in [5.41, 5.74) is 12.0. The van der Waals surface area contributed by atoms with Crippen molar-refractivity contribution in [3.8, 4) is 0 Å². The van der Waals surface area contributed by atoms with Gasteiger partial charge in [0.1, 0.15) is 16.9 Å². The molecule has 22 nitrogen and oxygen atoms in total. The number of aromatic amines is 1. The average Bonchev–Trinajstić information content (AvgIpc) is 1.65. The maximum absolute atomic E-state index is 14.8. The van der Waals surface area contributed by atoms with Crippen molar-refractivity contribution in [2.24, 2.45) is 40.6 Å². The maximum Gasteiger partial charge on any atom is 0.497 e. The molecule has 30 heteroatoms. The summed E-state index contributed by atoms with van der Waals surface area (Å²) in [7, 11) is -11.0. The van der Waals surface area contributed by atoms with Crippen LogP contribution in [0.25, 0.3) is 33.1 Å². The van der Waals surface area contributed by atoms with Crippen LogP contribution >= 0.6 is 15.9 Å². The Morgan fingerprint density at radius 1 is 0.500 bits per heavy atom. The lowest BCUT2D eigenvalue weighted by Crippen LogP contribution is -2.51. The van der Waals surface area contributed by atoms with Crippen molar-refractivity contribution in [3.63, 3.8) is 0 Å². The lowest BCUT2D eigenvalue weighted by molar-refractivity contribution is 0.00578.